The SMILES string of the molecule is C1COCCN1.CCN(CC)c1ccc(N)c(C)c1. The minimum Gasteiger partial charge on any atom is -0.399 e. The Kier molecular flexibility index (Phi) is 7.30. The van der Waals surface area contributed by atoms with E-state index in [1.165, 1.54) is 5.69 Å². The van der Waals surface area contributed by atoms with Gasteiger partial charge >= 0.3 is 0 Å². The molecule has 0 radical (unpaired) electrons. The Morgan fingerprint density at radius 2 is 1.84 bits per heavy atom. The maximum atomic E-state index is 5.75. The molecule has 108 valence electrons. The van der Waals surface area contributed by atoms with Crippen molar-refractivity contribution in [3.8, 4) is 0 Å². The normalized spacial score (nSPS) is 14.5. The van der Waals surface area contributed by atoms with Gasteiger partial charge in [-0.05, 0) is 44.5 Å². The Labute approximate surface area is 116 Å². The summed E-state index contributed by atoms with van der Waals surface area (Å²) in [5, 5.41) is 3.16. The highest BCUT2D eigenvalue weighted by atomic mass is 16.5. The van der Waals surface area contributed by atoms with E-state index in [4.69, 9.17) is 10.5 Å². The molecular formula is C15H27N3O. The van der Waals surface area contributed by atoms with Crippen molar-refractivity contribution < 1.29 is 4.74 Å². The highest BCUT2D eigenvalue weighted by Gasteiger charge is 2.02. The van der Waals surface area contributed by atoms with E-state index < -0.39 is 0 Å². The average molecular weight is 265 g/mol. The van der Waals surface area contributed by atoms with Crippen LogP contribution in [0.4, 0.5) is 11.4 Å². The Bertz CT molecular complexity index is 349. The number of nitrogens with zero attached hydrogens (tertiary/aromatic N) is 1. The Balaban J connectivity index is 0.000000250. The summed E-state index contributed by atoms with van der Waals surface area (Å²) in [5.41, 5.74) is 9.04. The molecule has 4 nitrogen and oxygen atoms in total. The first-order valence-corrected chi connectivity index (χ1v) is 7.08. The van der Waals surface area contributed by atoms with Crippen molar-refractivity contribution in [2.24, 2.45) is 0 Å². The number of anilines is 2. The number of hydrogen-bond donors (Lipinski definition) is 2. The van der Waals surface area contributed by atoms with E-state index in [1.807, 2.05) is 13.0 Å². The van der Waals surface area contributed by atoms with Crippen molar-refractivity contribution in [3.63, 3.8) is 0 Å². The molecule has 0 aliphatic carbocycles. The number of rotatable bonds is 3. The van der Waals surface area contributed by atoms with Crippen LogP contribution in [0.5, 0.6) is 0 Å². The first-order valence-electron chi connectivity index (χ1n) is 7.08. The van der Waals surface area contributed by atoms with Gasteiger partial charge in [-0.2, -0.15) is 0 Å². The summed E-state index contributed by atoms with van der Waals surface area (Å²) in [6, 6.07) is 6.20. The quantitative estimate of drug-likeness (QED) is 0.821. The standard InChI is InChI=1S/C11H18N2.C4H9NO/c1-4-13(5-2)10-6-7-11(12)9(3)8-10;1-3-6-4-2-5-1/h6-8H,4-5,12H2,1-3H3;5H,1-4H2. The molecule has 0 atom stereocenters. The molecule has 1 aromatic rings. The molecule has 1 aromatic carbocycles. The molecule has 1 aliphatic rings. The summed E-state index contributed by atoms with van der Waals surface area (Å²) >= 11 is 0. The van der Waals surface area contributed by atoms with Gasteiger partial charge < -0.3 is 20.7 Å². The van der Waals surface area contributed by atoms with E-state index >= 15 is 0 Å². The highest BCUT2D eigenvalue weighted by Crippen LogP contribution is 2.19. The molecule has 4 heteroatoms. The van der Waals surface area contributed by atoms with E-state index in [1.54, 1.807) is 0 Å². The number of benzene rings is 1. The predicted octanol–water partition coefficient (Wildman–Crippen LogP) is 2.03. The summed E-state index contributed by atoms with van der Waals surface area (Å²) in [6.45, 7) is 12.3. The molecule has 0 saturated carbocycles. The third kappa shape index (κ3) is 5.49. The zero-order valence-electron chi connectivity index (χ0n) is 12.4. The highest BCUT2D eigenvalue weighted by molar-refractivity contribution is 5.57. The summed E-state index contributed by atoms with van der Waals surface area (Å²) in [4.78, 5) is 2.31. The number of hydrogen-bond acceptors (Lipinski definition) is 4. The van der Waals surface area contributed by atoms with Crippen molar-refractivity contribution in [2.45, 2.75) is 20.8 Å². The number of ether oxygens (including phenoxy) is 1. The minimum absolute atomic E-state index is 0.871. The van der Waals surface area contributed by atoms with Gasteiger partial charge in [0.1, 0.15) is 0 Å². The second kappa shape index (κ2) is 8.77. The first-order chi connectivity index (χ1) is 9.19. The lowest BCUT2D eigenvalue weighted by molar-refractivity contribution is 0.109. The molecule has 2 rings (SSSR count). The van der Waals surface area contributed by atoms with Gasteiger partial charge in [0, 0.05) is 37.6 Å². The lowest BCUT2D eigenvalue weighted by Crippen LogP contribution is -2.30. The van der Waals surface area contributed by atoms with E-state index in [2.05, 4.69) is 36.2 Å². The van der Waals surface area contributed by atoms with Crippen LogP contribution in [-0.4, -0.2) is 39.4 Å². The molecule has 0 amide bonds. The molecule has 1 aliphatic heterocycles. The molecule has 0 bridgehead atoms. The lowest BCUT2D eigenvalue weighted by atomic mass is 10.1. The Morgan fingerprint density at radius 3 is 2.21 bits per heavy atom. The van der Waals surface area contributed by atoms with Crippen LogP contribution in [0.3, 0.4) is 0 Å². The van der Waals surface area contributed by atoms with Crippen LogP contribution in [0.15, 0.2) is 18.2 Å². The largest absolute Gasteiger partial charge is 0.399 e. The summed E-state index contributed by atoms with van der Waals surface area (Å²) in [7, 11) is 0. The van der Waals surface area contributed by atoms with Gasteiger partial charge in [-0.1, -0.05) is 0 Å². The van der Waals surface area contributed by atoms with E-state index in [-0.39, 0.29) is 0 Å². The monoisotopic (exact) mass is 265 g/mol. The van der Waals surface area contributed by atoms with Crippen molar-refractivity contribution in [1.82, 2.24) is 5.32 Å². The number of aryl methyl sites for hydroxylation is 1. The molecule has 1 fully saturated rings. The fourth-order valence-corrected chi connectivity index (χ4v) is 1.96. The molecule has 1 heterocycles. The maximum Gasteiger partial charge on any atom is 0.0591 e. The van der Waals surface area contributed by atoms with Crippen molar-refractivity contribution in [3.05, 3.63) is 23.8 Å². The van der Waals surface area contributed by atoms with Gasteiger partial charge in [-0.3, -0.25) is 0 Å². The molecule has 1 saturated heterocycles. The molecule has 0 spiro atoms. The van der Waals surface area contributed by atoms with Crippen molar-refractivity contribution in [2.75, 3.05) is 50.0 Å². The first kappa shape index (κ1) is 15.8. The topological polar surface area (TPSA) is 50.5 Å². The van der Waals surface area contributed by atoms with Gasteiger partial charge in [-0.15, -0.1) is 0 Å². The number of morpholine rings is 1. The van der Waals surface area contributed by atoms with Crippen LogP contribution >= 0.6 is 0 Å². The number of nitrogens with one attached hydrogen (secondary N) is 1. The third-order valence-electron chi connectivity index (χ3n) is 3.23. The summed E-state index contributed by atoms with van der Waals surface area (Å²) in [6.07, 6.45) is 0. The number of nitrogens with two attached hydrogens (primary N) is 1. The summed E-state index contributed by atoms with van der Waals surface area (Å²) < 4.78 is 5.01. The van der Waals surface area contributed by atoms with Gasteiger partial charge in [0.15, 0.2) is 0 Å². The van der Waals surface area contributed by atoms with Crippen molar-refractivity contribution >= 4 is 11.4 Å². The zero-order chi connectivity index (χ0) is 14.1. The maximum absolute atomic E-state index is 5.75. The number of nitrogen functional groups attached to an aromatic ring is 1. The van der Waals surface area contributed by atoms with E-state index in [9.17, 15) is 0 Å². The minimum atomic E-state index is 0.871. The van der Waals surface area contributed by atoms with Gasteiger partial charge in [0.05, 0.1) is 13.2 Å². The van der Waals surface area contributed by atoms with Crippen LogP contribution in [0, 0.1) is 6.92 Å². The Morgan fingerprint density at radius 1 is 1.21 bits per heavy atom. The second-order valence-electron chi connectivity index (χ2n) is 4.58. The summed E-state index contributed by atoms with van der Waals surface area (Å²) in [5.74, 6) is 0. The third-order valence-corrected chi connectivity index (χ3v) is 3.23. The smallest absolute Gasteiger partial charge is 0.0591 e. The average Bonchev–Trinajstić information content (AvgIpc) is 2.46. The molecule has 0 aromatic heterocycles. The zero-order valence-corrected chi connectivity index (χ0v) is 12.4. The van der Waals surface area contributed by atoms with Crippen LogP contribution in [0.25, 0.3) is 0 Å². The van der Waals surface area contributed by atoms with Crippen LogP contribution in [-0.2, 0) is 4.74 Å². The second-order valence-corrected chi connectivity index (χ2v) is 4.58. The van der Waals surface area contributed by atoms with Gasteiger partial charge in [0.2, 0.25) is 0 Å². The van der Waals surface area contributed by atoms with Crippen molar-refractivity contribution in [1.29, 1.82) is 0 Å². The molecule has 3 N–H and O–H groups in total. The molecule has 19 heavy (non-hydrogen) atoms. The predicted molar refractivity (Wildman–Crippen MR) is 82.8 cm³/mol. The molecular weight excluding hydrogens is 238 g/mol. The fraction of sp³-hybridized carbons (Fsp3) is 0.600. The fourth-order valence-electron chi connectivity index (χ4n) is 1.96. The Hall–Kier alpha value is -1.26. The molecule has 0 unspecified atom stereocenters. The van der Waals surface area contributed by atoms with Crippen LogP contribution in [0.2, 0.25) is 0 Å². The van der Waals surface area contributed by atoms with Gasteiger partial charge in [0.25, 0.3) is 0 Å². The van der Waals surface area contributed by atoms with Crippen LogP contribution < -0.4 is 16.0 Å². The van der Waals surface area contributed by atoms with E-state index in [0.717, 1.165) is 50.6 Å². The lowest BCUT2D eigenvalue weighted by Gasteiger charge is -2.21. The van der Waals surface area contributed by atoms with Crippen LogP contribution in [0.1, 0.15) is 19.4 Å². The van der Waals surface area contributed by atoms with Gasteiger partial charge in [-0.25, -0.2) is 0 Å². The van der Waals surface area contributed by atoms with E-state index in [0.29, 0.717) is 0 Å².